The molecular weight excluding hydrogens is 595 g/mol. The maximum absolute atomic E-state index is 14.5. The largest absolute Gasteiger partial charge is 0.494 e. The molecule has 0 amide bonds. The standard InChI is InChI=1S/C20H17F17O2/c1-4-39-11-7-5-6-10(8-11)12(2,38-3)9-13(21,22)14(23,24)15(25,26)16(27,28)17(29,30)18(31,32)19(33,34)20(35,36)37/h5-8H,4,9H2,1-3H3. The molecule has 1 aromatic rings. The number of alkyl halides is 17. The Morgan fingerprint density at radius 1 is 0.615 bits per heavy atom. The van der Waals surface area contributed by atoms with Crippen LogP contribution in [0.3, 0.4) is 0 Å². The van der Waals surface area contributed by atoms with E-state index in [2.05, 4.69) is 4.74 Å². The van der Waals surface area contributed by atoms with Crippen molar-refractivity contribution >= 4 is 0 Å². The first kappa shape index (κ1) is 34.8. The third kappa shape index (κ3) is 5.18. The Labute approximate surface area is 208 Å². The normalized spacial score (nSPS) is 16.7. The molecule has 39 heavy (non-hydrogen) atoms. The molecule has 0 fully saturated rings. The molecule has 2 nitrogen and oxygen atoms in total. The van der Waals surface area contributed by atoms with Crippen LogP contribution in [-0.4, -0.2) is 61.4 Å². The molecule has 0 heterocycles. The number of hydrogen-bond acceptors (Lipinski definition) is 2. The van der Waals surface area contributed by atoms with Gasteiger partial charge in [-0.2, -0.15) is 74.6 Å². The highest BCUT2D eigenvalue weighted by molar-refractivity contribution is 5.33. The quantitative estimate of drug-likeness (QED) is 0.221. The highest BCUT2D eigenvalue weighted by Gasteiger charge is 2.95. The first-order valence-electron chi connectivity index (χ1n) is 10.1. The zero-order valence-corrected chi connectivity index (χ0v) is 19.5. The van der Waals surface area contributed by atoms with Crippen molar-refractivity contribution in [3.05, 3.63) is 29.8 Å². The molecule has 0 aliphatic rings. The lowest BCUT2D eigenvalue weighted by Gasteiger charge is -2.44. The van der Waals surface area contributed by atoms with Gasteiger partial charge in [-0.25, -0.2) is 0 Å². The Bertz CT molecular complexity index is 1000. The number of halogens is 17. The van der Waals surface area contributed by atoms with E-state index in [0.29, 0.717) is 14.0 Å². The van der Waals surface area contributed by atoms with E-state index in [1.165, 1.54) is 13.0 Å². The van der Waals surface area contributed by atoms with Gasteiger partial charge in [0, 0.05) is 7.11 Å². The lowest BCUT2D eigenvalue weighted by atomic mass is 9.83. The highest BCUT2D eigenvalue weighted by atomic mass is 19.4. The summed E-state index contributed by atoms with van der Waals surface area (Å²) in [6.07, 6.45) is -10.6. The summed E-state index contributed by atoms with van der Waals surface area (Å²) in [4.78, 5) is 0. The van der Waals surface area contributed by atoms with Crippen molar-refractivity contribution in [2.45, 2.75) is 73.5 Å². The summed E-state index contributed by atoms with van der Waals surface area (Å²) in [6, 6.07) is 3.92. The van der Waals surface area contributed by atoms with Crippen LogP contribution >= 0.6 is 0 Å². The van der Waals surface area contributed by atoms with Crippen LogP contribution in [0.15, 0.2) is 24.3 Å². The van der Waals surface area contributed by atoms with E-state index in [-0.39, 0.29) is 12.4 Å². The van der Waals surface area contributed by atoms with Crippen molar-refractivity contribution in [1.82, 2.24) is 0 Å². The first-order valence-corrected chi connectivity index (χ1v) is 10.1. The molecule has 1 unspecified atom stereocenters. The average molecular weight is 612 g/mol. The van der Waals surface area contributed by atoms with Crippen molar-refractivity contribution in [1.29, 1.82) is 0 Å². The molecule has 0 aromatic heterocycles. The number of methoxy groups -OCH3 is 1. The average Bonchev–Trinajstić information content (AvgIpc) is 2.77. The highest BCUT2D eigenvalue weighted by Crippen LogP contribution is 2.64. The van der Waals surface area contributed by atoms with Crippen molar-refractivity contribution in [3.63, 3.8) is 0 Å². The lowest BCUT2D eigenvalue weighted by Crippen LogP contribution is -2.74. The number of hydrogen-bond donors (Lipinski definition) is 0. The zero-order chi connectivity index (χ0) is 31.3. The summed E-state index contributed by atoms with van der Waals surface area (Å²) in [5.41, 5.74) is -3.41. The maximum Gasteiger partial charge on any atom is 0.460 e. The monoisotopic (exact) mass is 612 g/mol. The van der Waals surface area contributed by atoms with Gasteiger partial charge in [0.2, 0.25) is 0 Å². The minimum absolute atomic E-state index is 0.0467. The Kier molecular flexibility index (Phi) is 8.93. The van der Waals surface area contributed by atoms with Crippen LogP contribution in [0.25, 0.3) is 0 Å². The van der Waals surface area contributed by atoms with Crippen molar-refractivity contribution in [2.75, 3.05) is 13.7 Å². The van der Waals surface area contributed by atoms with Gasteiger partial charge in [0.1, 0.15) is 5.75 Å². The second-order valence-corrected chi connectivity index (χ2v) is 8.22. The molecule has 0 bridgehead atoms. The molecule has 0 N–H and O–H groups in total. The molecule has 0 spiro atoms. The second-order valence-electron chi connectivity index (χ2n) is 8.22. The molecule has 0 aliphatic heterocycles. The minimum atomic E-state index is -8.67. The van der Waals surface area contributed by atoms with Gasteiger partial charge in [0.15, 0.2) is 0 Å². The van der Waals surface area contributed by atoms with Crippen LogP contribution in [0.1, 0.15) is 25.8 Å². The second kappa shape index (κ2) is 10.0. The summed E-state index contributed by atoms with van der Waals surface area (Å²) in [5, 5.41) is 0. The molecule has 0 saturated heterocycles. The van der Waals surface area contributed by atoms with Crippen LogP contribution in [0.4, 0.5) is 74.6 Å². The summed E-state index contributed by atoms with van der Waals surface area (Å²) in [7, 11) is 0.530. The predicted molar refractivity (Wildman–Crippen MR) is 97.3 cm³/mol. The Hall–Kier alpha value is -2.21. The van der Waals surface area contributed by atoms with E-state index in [0.717, 1.165) is 18.2 Å². The molecular formula is C20H17F17O2. The smallest absolute Gasteiger partial charge is 0.460 e. The Morgan fingerprint density at radius 3 is 1.41 bits per heavy atom. The van der Waals surface area contributed by atoms with E-state index in [9.17, 15) is 74.6 Å². The van der Waals surface area contributed by atoms with Gasteiger partial charge >= 0.3 is 47.6 Å². The van der Waals surface area contributed by atoms with E-state index < -0.39 is 65.2 Å². The SMILES string of the molecule is CCOc1cccc(C(C)(CC(F)(F)C(F)(F)C(F)(F)C(F)(F)C(F)(F)C(F)(F)C(F)(F)C(F)(F)F)OC)c1. The Morgan fingerprint density at radius 2 is 1.03 bits per heavy atom. The zero-order valence-electron chi connectivity index (χ0n) is 19.5. The fraction of sp³-hybridized carbons (Fsp3) is 0.700. The number of ether oxygens (including phenoxy) is 2. The first-order chi connectivity index (χ1) is 17.1. The van der Waals surface area contributed by atoms with E-state index in [1.54, 1.807) is 0 Å². The van der Waals surface area contributed by atoms with Gasteiger partial charge in [-0.15, -0.1) is 0 Å². The molecule has 1 rings (SSSR count). The van der Waals surface area contributed by atoms with Crippen molar-refractivity contribution in [3.8, 4) is 5.75 Å². The molecule has 19 heteroatoms. The van der Waals surface area contributed by atoms with Crippen LogP contribution in [0.2, 0.25) is 0 Å². The molecule has 0 aliphatic carbocycles. The summed E-state index contributed by atoms with van der Waals surface area (Å²) < 4.78 is 239. The van der Waals surface area contributed by atoms with Crippen molar-refractivity contribution in [2.24, 2.45) is 0 Å². The van der Waals surface area contributed by atoms with Crippen LogP contribution < -0.4 is 4.74 Å². The fourth-order valence-corrected chi connectivity index (χ4v) is 3.10. The van der Waals surface area contributed by atoms with E-state index in [1.807, 2.05) is 0 Å². The molecule has 228 valence electrons. The number of rotatable bonds is 12. The molecule has 0 saturated carbocycles. The van der Waals surface area contributed by atoms with Gasteiger partial charge < -0.3 is 9.47 Å². The van der Waals surface area contributed by atoms with E-state index >= 15 is 0 Å². The molecule has 0 radical (unpaired) electrons. The summed E-state index contributed by atoms with van der Waals surface area (Å²) in [5.74, 6) is -56.9. The summed E-state index contributed by atoms with van der Waals surface area (Å²) in [6.45, 7) is 1.89. The lowest BCUT2D eigenvalue weighted by molar-refractivity contribution is -0.462. The summed E-state index contributed by atoms with van der Waals surface area (Å²) >= 11 is 0. The Balaban J connectivity index is 3.66. The van der Waals surface area contributed by atoms with Crippen LogP contribution in [0, 0.1) is 0 Å². The minimum Gasteiger partial charge on any atom is -0.494 e. The fourth-order valence-electron chi connectivity index (χ4n) is 3.10. The van der Waals surface area contributed by atoms with Gasteiger partial charge in [-0.05, 0) is 31.5 Å². The van der Waals surface area contributed by atoms with Crippen LogP contribution in [0.5, 0.6) is 5.75 Å². The van der Waals surface area contributed by atoms with Crippen molar-refractivity contribution < 1.29 is 84.1 Å². The van der Waals surface area contributed by atoms with Gasteiger partial charge in [0.25, 0.3) is 0 Å². The predicted octanol–water partition coefficient (Wildman–Crippen LogP) is 8.35. The van der Waals surface area contributed by atoms with Gasteiger partial charge in [-0.3, -0.25) is 0 Å². The third-order valence-corrected chi connectivity index (χ3v) is 5.55. The topological polar surface area (TPSA) is 18.5 Å². The third-order valence-electron chi connectivity index (χ3n) is 5.55. The maximum atomic E-state index is 14.5. The van der Waals surface area contributed by atoms with Crippen LogP contribution in [-0.2, 0) is 10.3 Å². The van der Waals surface area contributed by atoms with Gasteiger partial charge in [-0.1, -0.05) is 12.1 Å². The molecule has 1 atom stereocenters. The number of benzene rings is 1. The van der Waals surface area contributed by atoms with Gasteiger partial charge in [0.05, 0.1) is 18.6 Å². The van der Waals surface area contributed by atoms with E-state index in [4.69, 9.17) is 4.74 Å². The molecule has 1 aromatic carbocycles.